The van der Waals surface area contributed by atoms with Gasteiger partial charge in [-0.3, -0.25) is 4.79 Å². The van der Waals surface area contributed by atoms with Gasteiger partial charge in [0.25, 0.3) is 5.91 Å². The van der Waals surface area contributed by atoms with Gasteiger partial charge in [-0.1, -0.05) is 52.7 Å². The lowest BCUT2D eigenvalue weighted by Gasteiger charge is -2.19. The third kappa shape index (κ3) is 5.85. The van der Waals surface area contributed by atoms with Crippen molar-refractivity contribution < 1.29 is 4.79 Å². The van der Waals surface area contributed by atoms with E-state index in [1.54, 1.807) is 12.1 Å². The lowest BCUT2D eigenvalue weighted by molar-refractivity contribution is 0.102. The van der Waals surface area contributed by atoms with Crippen molar-refractivity contribution >= 4 is 17.4 Å². The topological polar surface area (TPSA) is 66.9 Å². The van der Waals surface area contributed by atoms with Crippen molar-refractivity contribution in [2.75, 3.05) is 17.2 Å². The smallest absolute Gasteiger partial charge is 0.276 e. The minimum absolute atomic E-state index is 0.0912. The van der Waals surface area contributed by atoms with Crippen molar-refractivity contribution in [3.05, 3.63) is 47.7 Å². The van der Waals surface area contributed by atoms with Crippen LogP contribution in [0, 0.1) is 0 Å². The molecule has 0 atom stereocenters. The van der Waals surface area contributed by atoms with Crippen LogP contribution in [-0.2, 0) is 5.41 Å². The lowest BCUT2D eigenvalue weighted by Crippen LogP contribution is -2.15. The molecule has 0 spiro atoms. The van der Waals surface area contributed by atoms with Gasteiger partial charge in [-0.05, 0) is 41.7 Å². The minimum atomic E-state index is -0.256. The molecule has 2 rings (SSSR count). The summed E-state index contributed by atoms with van der Waals surface area (Å²) >= 11 is 0. The number of nitrogens with one attached hydrogen (secondary N) is 2. The molecule has 0 aliphatic carbocycles. The molecule has 0 saturated carbocycles. The first-order valence-corrected chi connectivity index (χ1v) is 8.89. The van der Waals surface area contributed by atoms with E-state index in [1.165, 1.54) is 18.4 Å². The zero-order valence-corrected chi connectivity index (χ0v) is 15.6. The Morgan fingerprint density at radius 1 is 1.00 bits per heavy atom. The van der Waals surface area contributed by atoms with Crippen LogP contribution in [0.2, 0.25) is 0 Å². The molecule has 1 aromatic carbocycles. The maximum atomic E-state index is 12.3. The zero-order valence-electron chi connectivity index (χ0n) is 15.6. The average Bonchev–Trinajstić information content (AvgIpc) is 2.59. The molecule has 1 aromatic heterocycles. The van der Waals surface area contributed by atoms with Gasteiger partial charge in [-0.2, -0.15) is 0 Å². The molecule has 2 aromatic rings. The first kappa shape index (κ1) is 18.9. The van der Waals surface area contributed by atoms with Crippen LogP contribution in [0.3, 0.4) is 0 Å². The molecule has 134 valence electrons. The maximum absolute atomic E-state index is 12.3. The predicted molar refractivity (Wildman–Crippen MR) is 103 cm³/mol. The number of aromatic nitrogens is 2. The van der Waals surface area contributed by atoms with E-state index in [0.717, 1.165) is 18.7 Å². The number of carbonyl (C=O) groups excluding carboxylic acids is 1. The molecule has 5 nitrogen and oxygen atoms in total. The highest BCUT2D eigenvalue weighted by Gasteiger charge is 2.14. The van der Waals surface area contributed by atoms with Gasteiger partial charge >= 0.3 is 0 Å². The SMILES string of the molecule is CCCCCNc1ccc(C(=O)Nc2ccc(C(C)(C)C)cc2)nn1. The Morgan fingerprint density at radius 3 is 2.28 bits per heavy atom. The predicted octanol–water partition coefficient (Wildman–Crippen LogP) is 4.63. The van der Waals surface area contributed by atoms with Gasteiger partial charge in [0.1, 0.15) is 5.82 Å². The summed E-state index contributed by atoms with van der Waals surface area (Å²) in [6.45, 7) is 9.52. The monoisotopic (exact) mass is 340 g/mol. The second-order valence-corrected chi connectivity index (χ2v) is 7.22. The molecule has 25 heavy (non-hydrogen) atoms. The summed E-state index contributed by atoms with van der Waals surface area (Å²) in [5, 5.41) is 14.1. The quantitative estimate of drug-likeness (QED) is 0.721. The highest BCUT2D eigenvalue weighted by molar-refractivity contribution is 6.02. The molecule has 1 heterocycles. The molecule has 1 amide bonds. The fourth-order valence-electron chi connectivity index (χ4n) is 2.39. The lowest BCUT2D eigenvalue weighted by atomic mass is 9.87. The Kier molecular flexibility index (Phi) is 6.51. The number of unbranched alkanes of at least 4 members (excludes halogenated alkanes) is 2. The van der Waals surface area contributed by atoms with Gasteiger partial charge in [0, 0.05) is 12.2 Å². The van der Waals surface area contributed by atoms with Crippen molar-refractivity contribution in [1.29, 1.82) is 0 Å². The number of hydrogen-bond acceptors (Lipinski definition) is 4. The summed E-state index contributed by atoms with van der Waals surface area (Å²) in [6, 6.07) is 11.4. The van der Waals surface area contributed by atoms with E-state index in [4.69, 9.17) is 0 Å². The highest BCUT2D eigenvalue weighted by Crippen LogP contribution is 2.23. The van der Waals surface area contributed by atoms with Crippen LogP contribution in [0.15, 0.2) is 36.4 Å². The number of hydrogen-bond donors (Lipinski definition) is 2. The van der Waals surface area contributed by atoms with E-state index in [-0.39, 0.29) is 11.3 Å². The van der Waals surface area contributed by atoms with E-state index >= 15 is 0 Å². The van der Waals surface area contributed by atoms with Gasteiger partial charge in [0.2, 0.25) is 0 Å². The fraction of sp³-hybridized carbons (Fsp3) is 0.450. The highest BCUT2D eigenvalue weighted by atomic mass is 16.1. The Labute approximate surface area is 150 Å². The normalized spacial score (nSPS) is 11.2. The van der Waals surface area contributed by atoms with E-state index in [9.17, 15) is 4.79 Å². The molecule has 0 radical (unpaired) electrons. The van der Waals surface area contributed by atoms with E-state index in [0.29, 0.717) is 11.5 Å². The Balaban J connectivity index is 1.92. The van der Waals surface area contributed by atoms with Gasteiger partial charge in [0.15, 0.2) is 5.69 Å². The van der Waals surface area contributed by atoms with Crippen LogP contribution in [0.1, 0.15) is 63.0 Å². The van der Waals surface area contributed by atoms with Crippen molar-refractivity contribution in [1.82, 2.24) is 10.2 Å². The van der Waals surface area contributed by atoms with E-state index in [1.807, 2.05) is 24.3 Å². The van der Waals surface area contributed by atoms with Gasteiger partial charge in [0.05, 0.1) is 0 Å². The van der Waals surface area contributed by atoms with Crippen molar-refractivity contribution in [2.24, 2.45) is 0 Å². The second kappa shape index (κ2) is 8.60. The van der Waals surface area contributed by atoms with Gasteiger partial charge in [-0.15, -0.1) is 10.2 Å². The summed E-state index contributed by atoms with van der Waals surface area (Å²) in [7, 11) is 0. The summed E-state index contributed by atoms with van der Waals surface area (Å²) in [6.07, 6.45) is 3.48. The molecule has 0 fully saturated rings. The Hall–Kier alpha value is -2.43. The van der Waals surface area contributed by atoms with Crippen molar-refractivity contribution in [3.8, 4) is 0 Å². The summed E-state index contributed by atoms with van der Waals surface area (Å²) in [4.78, 5) is 12.3. The average molecular weight is 340 g/mol. The Bertz CT molecular complexity index is 672. The summed E-state index contributed by atoms with van der Waals surface area (Å²) in [5.41, 5.74) is 2.37. The van der Waals surface area contributed by atoms with E-state index in [2.05, 4.69) is 48.5 Å². The third-order valence-electron chi connectivity index (χ3n) is 3.99. The van der Waals surface area contributed by atoms with Gasteiger partial charge < -0.3 is 10.6 Å². The number of benzene rings is 1. The van der Waals surface area contributed by atoms with Crippen LogP contribution < -0.4 is 10.6 Å². The van der Waals surface area contributed by atoms with Gasteiger partial charge in [-0.25, -0.2) is 0 Å². The number of carbonyl (C=O) groups is 1. The molecule has 0 aliphatic heterocycles. The van der Waals surface area contributed by atoms with Crippen LogP contribution in [0.25, 0.3) is 0 Å². The van der Waals surface area contributed by atoms with Crippen LogP contribution in [-0.4, -0.2) is 22.6 Å². The van der Waals surface area contributed by atoms with Crippen LogP contribution in [0.4, 0.5) is 11.5 Å². The molecule has 0 bridgehead atoms. The first-order valence-electron chi connectivity index (χ1n) is 8.89. The molecule has 5 heteroatoms. The molecule has 0 unspecified atom stereocenters. The number of amides is 1. The third-order valence-corrected chi connectivity index (χ3v) is 3.99. The second-order valence-electron chi connectivity index (χ2n) is 7.22. The van der Waals surface area contributed by atoms with E-state index < -0.39 is 0 Å². The van der Waals surface area contributed by atoms with Crippen molar-refractivity contribution in [3.63, 3.8) is 0 Å². The first-order chi connectivity index (χ1) is 11.9. The largest absolute Gasteiger partial charge is 0.369 e. The number of anilines is 2. The van der Waals surface area contributed by atoms with Crippen LogP contribution in [0.5, 0.6) is 0 Å². The molecule has 2 N–H and O–H groups in total. The van der Waals surface area contributed by atoms with Crippen molar-refractivity contribution in [2.45, 2.75) is 52.4 Å². The Morgan fingerprint density at radius 2 is 1.72 bits per heavy atom. The zero-order chi connectivity index (χ0) is 18.3. The number of nitrogens with zero attached hydrogens (tertiary/aromatic N) is 2. The summed E-state index contributed by atoms with van der Waals surface area (Å²) in [5.74, 6) is 0.440. The van der Waals surface area contributed by atoms with Crippen LogP contribution >= 0.6 is 0 Å². The molecular weight excluding hydrogens is 312 g/mol. The molecular formula is C20H28N4O. The minimum Gasteiger partial charge on any atom is -0.369 e. The molecule has 0 aliphatic rings. The standard InChI is InChI=1S/C20H28N4O/c1-5-6-7-14-21-18-13-12-17(23-24-18)19(25)22-16-10-8-15(9-11-16)20(2,3)4/h8-13H,5-7,14H2,1-4H3,(H,21,24)(H,22,25). The fourth-order valence-corrected chi connectivity index (χ4v) is 2.39. The number of rotatable bonds is 7. The molecule has 0 saturated heterocycles. The maximum Gasteiger partial charge on any atom is 0.276 e. The summed E-state index contributed by atoms with van der Waals surface area (Å²) < 4.78 is 0.